The van der Waals surface area contributed by atoms with Gasteiger partial charge in [-0.3, -0.25) is 4.55 Å². The van der Waals surface area contributed by atoms with E-state index in [4.69, 9.17) is 4.55 Å². The van der Waals surface area contributed by atoms with E-state index in [0.29, 0.717) is 17.7 Å². The lowest BCUT2D eigenvalue weighted by Gasteiger charge is -2.10. The van der Waals surface area contributed by atoms with E-state index in [-0.39, 0.29) is 5.56 Å². The molecule has 0 aliphatic heterocycles. The van der Waals surface area contributed by atoms with E-state index in [1.807, 2.05) is 0 Å². The van der Waals surface area contributed by atoms with Gasteiger partial charge in [-0.05, 0) is 29.3 Å². The molecule has 7 heteroatoms. The maximum Gasteiger partial charge on any atom is 0.416 e. The predicted octanol–water partition coefficient (Wildman–Crippen LogP) is 4.12. The molecular weight excluding hydrogens is 317 g/mol. The third-order valence-corrected chi connectivity index (χ3v) is 3.80. The van der Waals surface area contributed by atoms with Crippen LogP contribution in [-0.4, -0.2) is 13.0 Å². The molecule has 2 rings (SSSR count). The van der Waals surface area contributed by atoms with Gasteiger partial charge in [0.25, 0.3) is 10.1 Å². The molecule has 3 nitrogen and oxygen atoms in total. The first-order chi connectivity index (χ1) is 10.2. The molecule has 22 heavy (non-hydrogen) atoms. The van der Waals surface area contributed by atoms with Crippen molar-refractivity contribution in [1.82, 2.24) is 0 Å². The molecule has 0 amide bonds. The molecule has 1 N–H and O–H groups in total. The summed E-state index contributed by atoms with van der Waals surface area (Å²) in [5.41, 5.74) is -0.546. The Morgan fingerprint density at radius 3 is 2.14 bits per heavy atom. The van der Waals surface area contributed by atoms with Gasteiger partial charge in [0.1, 0.15) is 4.90 Å². The van der Waals surface area contributed by atoms with Crippen LogP contribution in [0.15, 0.2) is 53.4 Å². The molecule has 2 aromatic rings. The van der Waals surface area contributed by atoms with Crippen molar-refractivity contribution in [1.29, 1.82) is 0 Å². The Bertz CT molecular complexity index is 795. The van der Waals surface area contributed by atoms with Crippen LogP contribution in [-0.2, 0) is 16.3 Å². The van der Waals surface area contributed by atoms with Crippen molar-refractivity contribution in [3.8, 4) is 0 Å². The fourth-order valence-electron chi connectivity index (χ4n) is 1.84. The molecule has 2 aromatic carbocycles. The molecule has 116 valence electrons. The third-order valence-electron chi connectivity index (χ3n) is 2.87. The molecule has 0 atom stereocenters. The minimum atomic E-state index is -4.62. The van der Waals surface area contributed by atoms with Crippen molar-refractivity contribution in [2.45, 2.75) is 11.1 Å². The largest absolute Gasteiger partial charge is 0.416 e. The van der Waals surface area contributed by atoms with Gasteiger partial charge in [-0.25, -0.2) is 0 Å². The van der Waals surface area contributed by atoms with Crippen molar-refractivity contribution in [3.05, 3.63) is 65.2 Å². The highest BCUT2D eigenvalue weighted by Crippen LogP contribution is 2.32. The second-order valence-electron chi connectivity index (χ2n) is 4.47. The van der Waals surface area contributed by atoms with Crippen LogP contribution in [0.5, 0.6) is 0 Å². The summed E-state index contributed by atoms with van der Waals surface area (Å²) in [5, 5.41) is 0. The standard InChI is InChI=1S/C15H11F3O3S/c16-15(17,18)13-8-9-14(22(19,20)21)12(10-13)7-6-11-4-2-1-3-5-11/h1-10H,(H,19,20,21). The van der Waals surface area contributed by atoms with Crippen molar-refractivity contribution in [2.24, 2.45) is 0 Å². The van der Waals surface area contributed by atoms with E-state index in [2.05, 4.69) is 0 Å². The van der Waals surface area contributed by atoms with Crippen LogP contribution in [0, 0.1) is 0 Å². The number of hydrogen-bond donors (Lipinski definition) is 1. The van der Waals surface area contributed by atoms with Crippen molar-refractivity contribution in [2.75, 3.05) is 0 Å². The zero-order valence-corrected chi connectivity index (χ0v) is 11.9. The fourth-order valence-corrected chi connectivity index (χ4v) is 2.50. The summed E-state index contributed by atoms with van der Waals surface area (Å²) in [6.45, 7) is 0. The van der Waals surface area contributed by atoms with Crippen molar-refractivity contribution >= 4 is 22.3 Å². The predicted molar refractivity (Wildman–Crippen MR) is 76.6 cm³/mol. The first kappa shape index (κ1) is 16.3. The Hall–Kier alpha value is -2.12. The number of alkyl halides is 3. The summed E-state index contributed by atoms with van der Waals surface area (Å²) in [6.07, 6.45) is -1.93. The summed E-state index contributed by atoms with van der Waals surface area (Å²) >= 11 is 0. The molecule has 0 fully saturated rings. The molecular formula is C15H11F3O3S. The van der Waals surface area contributed by atoms with Gasteiger partial charge in [-0.15, -0.1) is 0 Å². The van der Waals surface area contributed by atoms with Crippen LogP contribution < -0.4 is 0 Å². The molecule has 0 saturated heterocycles. The highest BCUT2D eigenvalue weighted by atomic mass is 32.2. The highest BCUT2D eigenvalue weighted by Gasteiger charge is 2.31. The summed E-state index contributed by atoms with van der Waals surface area (Å²) in [4.78, 5) is -0.576. The average molecular weight is 328 g/mol. The van der Waals surface area contributed by atoms with Crippen LogP contribution in [0.4, 0.5) is 13.2 Å². The Kier molecular flexibility index (Phi) is 4.39. The first-order valence-corrected chi connectivity index (χ1v) is 7.54. The molecule has 0 radical (unpaired) electrons. The SMILES string of the molecule is O=S(=O)(O)c1ccc(C(F)(F)F)cc1C=Cc1ccccc1. The number of benzene rings is 2. The lowest BCUT2D eigenvalue weighted by molar-refractivity contribution is -0.137. The van der Waals surface area contributed by atoms with E-state index < -0.39 is 26.8 Å². The van der Waals surface area contributed by atoms with Gasteiger partial charge < -0.3 is 0 Å². The van der Waals surface area contributed by atoms with Gasteiger partial charge in [0.15, 0.2) is 0 Å². The minimum absolute atomic E-state index is 0.235. The van der Waals surface area contributed by atoms with E-state index in [9.17, 15) is 21.6 Å². The zero-order chi connectivity index (χ0) is 16.4. The third kappa shape index (κ3) is 3.96. The van der Waals surface area contributed by atoms with Gasteiger partial charge in [0.2, 0.25) is 0 Å². The highest BCUT2D eigenvalue weighted by molar-refractivity contribution is 7.85. The van der Waals surface area contributed by atoms with E-state index in [1.54, 1.807) is 30.3 Å². The lowest BCUT2D eigenvalue weighted by atomic mass is 10.1. The average Bonchev–Trinajstić information content (AvgIpc) is 2.44. The van der Waals surface area contributed by atoms with E-state index in [0.717, 1.165) is 6.07 Å². The Morgan fingerprint density at radius 2 is 1.59 bits per heavy atom. The van der Waals surface area contributed by atoms with E-state index >= 15 is 0 Å². The van der Waals surface area contributed by atoms with Crippen LogP contribution in [0.3, 0.4) is 0 Å². The summed E-state index contributed by atoms with van der Waals surface area (Å²) < 4.78 is 69.8. The van der Waals surface area contributed by atoms with Gasteiger partial charge in [-0.2, -0.15) is 21.6 Å². The fraction of sp³-hybridized carbons (Fsp3) is 0.0667. The molecule has 0 heterocycles. The molecule has 0 bridgehead atoms. The Labute approximate surface area is 125 Å². The second kappa shape index (κ2) is 5.94. The van der Waals surface area contributed by atoms with Crippen LogP contribution in [0.25, 0.3) is 12.2 Å². The summed E-state index contributed by atoms with van der Waals surface area (Å²) in [5.74, 6) is 0. The zero-order valence-electron chi connectivity index (χ0n) is 11.1. The maximum atomic E-state index is 12.7. The molecule has 0 unspecified atom stereocenters. The maximum absolute atomic E-state index is 12.7. The minimum Gasteiger partial charge on any atom is -0.282 e. The van der Waals surface area contributed by atoms with Crippen molar-refractivity contribution in [3.63, 3.8) is 0 Å². The Morgan fingerprint density at radius 1 is 0.955 bits per heavy atom. The van der Waals surface area contributed by atoms with Gasteiger partial charge in [0, 0.05) is 0 Å². The number of hydrogen-bond acceptors (Lipinski definition) is 2. The van der Waals surface area contributed by atoms with Crippen LogP contribution >= 0.6 is 0 Å². The summed E-state index contributed by atoms with van der Waals surface area (Å²) in [7, 11) is -4.62. The molecule has 0 saturated carbocycles. The normalized spacial score (nSPS) is 12.7. The summed E-state index contributed by atoms with van der Waals surface area (Å²) in [6, 6.07) is 10.7. The van der Waals surface area contributed by atoms with Gasteiger partial charge in [0.05, 0.1) is 5.56 Å². The van der Waals surface area contributed by atoms with Gasteiger partial charge in [-0.1, -0.05) is 42.5 Å². The second-order valence-corrected chi connectivity index (χ2v) is 5.86. The quantitative estimate of drug-likeness (QED) is 0.681. The molecule has 0 aliphatic rings. The smallest absolute Gasteiger partial charge is 0.282 e. The van der Waals surface area contributed by atoms with Crippen LogP contribution in [0.2, 0.25) is 0 Å². The van der Waals surface area contributed by atoms with Gasteiger partial charge >= 0.3 is 6.18 Å². The number of halogens is 3. The topological polar surface area (TPSA) is 54.4 Å². The van der Waals surface area contributed by atoms with Crippen LogP contribution in [0.1, 0.15) is 16.7 Å². The monoisotopic (exact) mass is 328 g/mol. The van der Waals surface area contributed by atoms with Crippen molar-refractivity contribution < 1.29 is 26.1 Å². The number of rotatable bonds is 3. The molecule has 0 aromatic heterocycles. The molecule has 0 spiro atoms. The lowest BCUT2D eigenvalue weighted by Crippen LogP contribution is -2.08. The Balaban J connectivity index is 2.53. The van der Waals surface area contributed by atoms with E-state index in [1.165, 1.54) is 12.2 Å². The molecule has 0 aliphatic carbocycles. The first-order valence-electron chi connectivity index (χ1n) is 6.10.